The summed E-state index contributed by atoms with van der Waals surface area (Å²) in [6.07, 6.45) is 2.15. The Balaban J connectivity index is 2.06. The van der Waals surface area contributed by atoms with E-state index in [4.69, 9.17) is 0 Å². The Labute approximate surface area is 130 Å². The van der Waals surface area contributed by atoms with Crippen molar-refractivity contribution >= 4 is 21.7 Å². The highest BCUT2D eigenvalue weighted by atomic mass is 32.2. The van der Waals surface area contributed by atoms with Gasteiger partial charge in [0, 0.05) is 19.3 Å². The largest absolute Gasteiger partial charge is 0.353 e. The average Bonchev–Trinajstić information content (AvgIpc) is 2.45. The molecule has 1 heterocycles. The number of carbonyl (C=O) groups is 2. The Kier molecular flexibility index (Phi) is 5.18. The van der Waals surface area contributed by atoms with Crippen LogP contribution in [-0.4, -0.2) is 56.3 Å². The van der Waals surface area contributed by atoms with Crippen molar-refractivity contribution in [1.29, 1.82) is 0 Å². The summed E-state index contributed by atoms with van der Waals surface area (Å²) in [6, 6.07) is 9.07. The van der Waals surface area contributed by atoms with Crippen molar-refractivity contribution in [3.05, 3.63) is 35.9 Å². The van der Waals surface area contributed by atoms with Crippen molar-refractivity contribution in [2.24, 2.45) is 0 Å². The molecule has 22 heavy (non-hydrogen) atoms. The number of amides is 2. The zero-order chi connectivity index (χ0) is 16.2. The van der Waals surface area contributed by atoms with Gasteiger partial charge in [0.25, 0.3) is 0 Å². The van der Waals surface area contributed by atoms with Gasteiger partial charge >= 0.3 is 0 Å². The van der Waals surface area contributed by atoms with Crippen LogP contribution < -0.4 is 5.32 Å². The lowest BCUT2D eigenvalue weighted by Gasteiger charge is -2.35. The van der Waals surface area contributed by atoms with E-state index < -0.39 is 27.5 Å². The van der Waals surface area contributed by atoms with Gasteiger partial charge in [-0.05, 0) is 18.4 Å². The highest BCUT2D eigenvalue weighted by molar-refractivity contribution is 7.91. The first-order valence-electron chi connectivity index (χ1n) is 7.15. The fraction of sp³-hybridized carbons (Fsp3) is 0.467. The molecule has 1 unspecified atom stereocenters. The number of rotatable bonds is 5. The molecule has 2 amide bonds. The van der Waals surface area contributed by atoms with E-state index in [1.807, 2.05) is 30.3 Å². The van der Waals surface area contributed by atoms with Crippen molar-refractivity contribution in [2.75, 3.05) is 25.1 Å². The van der Waals surface area contributed by atoms with E-state index in [0.717, 1.165) is 11.8 Å². The van der Waals surface area contributed by atoms with Gasteiger partial charge in [-0.2, -0.15) is 0 Å². The van der Waals surface area contributed by atoms with E-state index in [-0.39, 0.29) is 5.91 Å². The third-order valence-electron chi connectivity index (χ3n) is 3.59. The van der Waals surface area contributed by atoms with Crippen molar-refractivity contribution in [3.8, 4) is 0 Å². The predicted molar refractivity (Wildman–Crippen MR) is 83.0 cm³/mol. The van der Waals surface area contributed by atoms with Crippen LogP contribution in [0.15, 0.2) is 30.3 Å². The average molecular weight is 324 g/mol. The van der Waals surface area contributed by atoms with Crippen LogP contribution in [0, 0.1) is 0 Å². The number of nitrogens with zero attached hydrogens (tertiary/aromatic N) is 1. The second-order valence-corrected chi connectivity index (χ2v) is 7.63. The minimum Gasteiger partial charge on any atom is -0.353 e. The first-order chi connectivity index (χ1) is 10.4. The Bertz CT molecular complexity index is 643. The fourth-order valence-electron chi connectivity index (χ4n) is 2.56. The van der Waals surface area contributed by atoms with E-state index in [1.54, 1.807) is 0 Å². The zero-order valence-electron chi connectivity index (χ0n) is 12.5. The summed E-state index contributed by atoms with van der Waals surface area (Å²) in [5.41, 5.74) is 1.08. The van der Waals surface area contributed by atoms with Gasteiger partial charge in [0.2, 0.25) is 11.8 Å². The molecular weight excluding hydrogens is 304 g/mol. The molecule has 1 atom stereocenters. The van der Waals surface area contributed by atoms with Crippen LogP contribution in [0.2, 0.25) is 0 Å². The molecule has 0 aliphatic carbocycles. The topological polar surface area (TPSA) is 83.6 Å². The monoisotopic (exact) mass is 324 g/mol. The number of hydrogen-bond acceptors (Lipinski definition) is 4. The summed E-state index contributed by atoms with van der Waals surface area (Å²) in [4.78, 5) is 25.6. The molecule has 0 spiro atoms. The molecule has 0 bridgehead atoms. The Hall–Kier alpha value is -1.89. The second-order valence-electron chi connectivity index (χ2n) is 5.49. The van der Waals surface area contributed by atoms with Gasteiger partial charge in [-0.1, -0.05) is 30.3 Å². The molecule has 0 saturated carbocycles. The molecule has 1 aromatic carbocycles. The van der Waals surface area contributed by atoms with Gasteiger partial charge < -0.3 is 10.2 Å². The van der Waals surface area contributed by atoms with Crippen LogP contribution >= 0.6 is 0 Å². The maximum Gasteiger partial charge on any atom is 0.242 e. The summed E-state index contributed by atoms with van der Waals surface area (Å²) < 4.78 is 22.6. The molecule has 1 fully saturated rings. The first-order valence-corrected chi connectivity index (χ1v) is 9.22. The number of nitrogens with one attached hydrogen (secondary N) is 1. The summed E-state index contributed by atoms with van der Waals surface area (Å²) >= 11 is 0. The van der Waals surface area contributed by atoms with E-state index in [9.17, 15) is 18.0 Å². The van der Waals surface area contributed by atoms with Gasteiger partial charge in [0.1, 0.15) is 11.8 Å². The molecule has 1 N–H and O–H groups in total. The molecule has 1 aliphatic heterocycles. The van der Waals surface area contributed by atoms with Gasteiger partial charge in [0.05, 0.1) is 0 Å². The van der Waals surface area contributed by atoms with Crippen LogP contribution in [0.3, 0.4) is 0 Å². The second kappa shape index (κ2) is 6.91. The van der Waals surface area contributed by atoms with Crippen molar-refractivity contribution in [1.82, 2.24) is 10.2 Å². The molecule has 1 aliphatic rings. The first kappa shape index (κ1) is 16.5. The van der Waals surface area contributed by atoms with Gasteiger partial charge in [0.15, 0.2) is 9.84 Å². The van der Waals surface area contributed by atoms with E-state index >= 15 is 0 Å². The van der Waals surface area contributed by atoms with Crippen molar-refractivity contribution < 1.29 is 18.0 Å². The van der Waals surface area contributed by atoms with Gasteiger partial charge in [-0.15, -0.1) is 0 Å². The van der Waals surface area contributed by atoms with Crippen molar-refractivity contribution in [3.63, 3.8) is 0 Å². The summed E-state index contributed by atoms with van der Waals surface area (Å²) in [7, 11) is -3.40. The van der Waals surface area contributed by atoms with Gasteiger partial charge in [-0.25, -0.2) is 8.42 Å². The Morgan fingerprint density at radius 2 is 2.00 bits per heavy atom. The predicted octanol–water partition coefficient (Wildman–Crippen LogP) is -0.00920. The molecule has 0 aromatic heterocycles. The number of hydrogen-bond donors (Lipinski definition) is 1. The Morgan fingerprint density at radius 3 is 2.64 bits per heavy atom. The maximum absolute atomic E-state index is 12.1. The lowest BCUT2D eigenvalue weighted by Crippen LogP contribution is -2.58. The van der Waals surface area contributed by atoms with Gasteiger partial charge in [-0.3, -0.25) is 9.59 Å². The lowest BCUT2D eigenvalue weighted by molar-refractivity contribution is -0.141. The summed E-state index contributed by atoms with van der Waals surface area (Å²) in [5, 5.41) is 2.73. The molecule has 2 rings (SSSR count). The molecular formula is C15H20N2O4S. The number of benzene rings is 1. The van der Waals surface area contributed by atoms with Crippen molar-refractivity contribution in [2.45, 2.75) is 18.9 Å². The third-order valence-corrected chi connectivity index (χ3v) is 4.36. The third kappa shape index (κ3) is 4.56. The van der Waals surface area contributed by atoms with Crippen LogP contribution in [0.5, 0.6) is 0 Å². The molecule has 120 valence electrons. The van der Waals surface area contributed by atoms with E-state index in [0.29, 0.717) is 25.9 Å². The normalized spacial score (nSPS) is 18.9. The molecule has 7 heteroatoms. The number of piperazine rings is 1. The minimum atomic E-state index is -3.40. The Morgan fingerprint density at radius 1 is 1.32 bits per heavy atom. The lowest BCUT2D eigenvalue weighted by atomic mass is 10.0. The van der Waals surface area contributed by atoms with Crippen LogP contribution in [0.25, 0.3) is 0 Å². The van der Waals surface area contributed by atoms with E-state index in [2.05, 4.69) is 5.32 Å². The number of aryl methyl sites for hydroxylation is 1. The smallest absolute Gasteiger partial charge is 0.242 e. The highest BCUT2D eigenvalue weighted by Crippen LogP contribution is 2.14. The van der Waals surface area contributed by atoms with Crippen LogP contribution in [-0.2, 0) is 25.8 Å². The number of sulfone groups is 1. The molecule has 1 aromatic rings. The fourth-order valence-corrected chi connectivity index (χ4v) is 3.17. The molecule has 0 radical (unpaired) electrons. The quantitative estimate of drug-likeness (QED) is 0.826. The van der Waals surface area contributed by atoms with Crippen LogP contribution in [0.1, 0.15) is 12.0 Å². The molecule has 1 saturated heterocycles. The molecule has 6 nitrogen and oxygen atoms in total. The SMILES string of the molecule is CS(=O)(=O)CC(=O)N1CCNC(=O)C1CCc1ccccc1. The number of carbonyl (C=O) groups excluding carboxylic acids is 2. The zero-order valence-corrected chi connectivity index (χ0v) is 13.3. The van der Waals surface area contributed by atoms with E-state index in [1.165, 1.54) is 4.90 Å². The highest BCUT2D eigenvalue weighted by Gasteiger charge is 2.33. The summed E-state index contributed by atoms with van der Waals surface area (Å²) in [5.74, 6) is -1.28. The standard InChI is InChI=1S/C15H20N2O4S/c1-22(20,21)11-14(18)17-10-9-16-15(19)13(17)8-7-12-5-3-2-4-6-12/h2-6,13H,7-11H2,1H3,(H,16,19). The maximum atomic E-state index is 12.1. The van der Waals surface area contributed by atoms with Crippen LogP contribution in [0.4, 0.5) is 0 Å². The summed E-state index contributed by atoms with van der Waals surface area (Å²) in [6.45, 7) is 0.704. The minimum absolute atomic E-state index is 0.218.